The summed E-state index contributed by atoms with van der Waals surface area (Å²) in [7, 11) is 0. The summed E-state index contributed by atoms with van der Waals surface area (Å²) in [6.45, 7) is 1.65. The van der Waals surface area contributed by atoms with Gasteiger partial charge in [0.25, 0.3) is 0 Å². The number of nitrogens with zero attached hydrogens (tertiary/aromatic N) is 3. The van der Waals surface area contributed by atoms with E-state index in [9.17, 15) is 0 Å². The number of para-hydroxylation sites is 1. The molecule has 0 unspecified atom stereocenters. The Morgan fingerprint density at radius 3 is 2.89 bits per heavy atom. The average Bonchev–Trinajstić information content (AvgIpc) is 3.13. The largest absolute Gasteiger partial charge is 0.368 e. The van der Waals surface area contributed by atoms with Crippen molar-refractivity contribution in [2.75, 3.05) is 23.7 Å². The van der Waals surface area contributed by atoms with Crippen LogP contribution >= 0.6 is 0 Å². The summed E-state index contributed by atoms with van der Waals surface area (Å²) in [5, 5.41) is 16.1. The Labute approximate surface area is 159 Å². The fourth-order valence-corrected chi connectivity index (χ4v) is 3.59. The number of anilines is 2. The summed E-state index contributed by atoms with van der Waals surface area (Å²) < 4.78 is 0. The van der Waals surface area contributed by atoms with E-state index in [1.54, 1.807) is 11.8 Å². The summed E-state index contributed by atoms with van der Waals surface area (Å²) in [5.74, 6) is 1.34. The van der Waals surface area contributed by atoms with E-state index in [4.69, 9.17) is 0 Å². The van der Waals surface area contributed by atoms with Crippen molar-refractivity contribution in [3.63, 3.8) is 0 Å². The quantitative estimate of drug-likeness (QED) is 0.521. The van der Waals surface area contributed by atoms with Gasteiger partial charge in [0.2, 0.25) is 5.95 Å². The maximum Gasteiger partial charge on any atom is 0.244 e. The molecule has 2 heterocycles. The van der Waals surface area contributed by atoms with Crippen LogP contribution in [0.5, 0.6) is 0 Å². The molecule has 1 aromatic carbocycles. The zero-order valence-corrected chi connectivity index (χ0v) is 15.5. The van der Waals surface area contributed by atoms with Crippen LogP contribution in [0, 0.1) is 0 Å². The third kappa shape index (κ3) is 4.64. The minimum absolute atomic E-state index is 0.587. The van der Waals surface area contributed by atoms with E-state index >= 15 is 0 Å². The number of aromatic amines is 1. The van der Waals surface area contributed by atoms with Crippen LogP contribution in [0.15, 0.2) is 48.3 Å². The summed E-state index contributed by atoms with van der Waals surface area (Å²) in [5.41, 5.74) is 4.03. The molecule has 0 saturated heterocycles. The molecular formula is C21H26N6. The van der Waals surface area contributed by atoms with Gasteiger partial charge in [-0.25, -0.2) is 0 Å². The first-order chi connectivity index (χ1) is 13.4. The highest BCUT2D eigenvalue weighted by Gasteiger charge is 2.06. The number of hydrogen-bond donors (Lipinski definition) is 3. The predicted molar refractivity (Wildman–Crippen MR) is 110 cm³/mol. The lowest BCUT2D eigenvalue weighted by molar-refractivity contribution is 0.678. The van der Waals surface area contributed by atoms with Gasteiger partial charge in [-0.2, -0.15) is 10.1 Å². The van der Waals surface area contributed by atoms with Gasteiger partial charge >= 0.3 is 0 Å². The zero-order chi connectivity index (χ0) is 18.3. The van der Waals surface area contributed by atoms with Crippen molar-refractivity contribution in [3.05, 3.63) is 53.9 Å². The Balaban J connectivity index is 1.27. The molecule has 1 aliphatic rings. The smallest absolute Gasteiger partial charge is 0.244 e. The van der Waals surface area contributed by atoms with Crippen molar-refractivity contribution in [1.29, 1.82) is 0 Å². The van der Waals surface area contributed by atoms with Gasteiger partial charge in [0.05, 0.1) is 6.20 Å². The highest BCUT2D eigenvalue weighted by molar-refractivity contribution is 5.83. The Kier molecular flexibility index (Phi) is 5.62. The number of allylic oxidation sites excluding steroid dienone is 1. The number of nitrogens with one attached hydrogen (secondary N) is 3. The van der Waals surface area contributed by atoms with Crippen LogP contribution in [0.4, 0.5) is 11.8 Å². The Morgan fingerprint density at radius 1 is 1.04 bits per heavy atom. The molecule has 0 amide bonds. The monoisotopic (exact) mass is 362 g/mol. The number of aromatic nitrogens is 4. The molecule has 2 aromatic heterocycles. The molecule has 4 rings (SSSR count). The van der Waals surface area contributed by atoms with E-state index in [1.165, 1.54) is 42.1 Å². The molecule has 140 valence electrons. The number of rotatable bonds is 8. The Hall–Kier alpha value is -2.89. The molecule has 1 aliphatic carbocycles. The third-order valence-electron chi connectivity index (χ3n) is 5.05. The zero-order valence-electron chi connectivity index (χ0n) is 15.5. The number of benzene rings is 1. The van der Waals surface area contributed by atoms with E-state index < -0.39 is 0 Å². The average molecular weight is 362 g/mol. The maximum atomic E-state index is 4.51. The molecule has 0 atom stereocenters. The van der Waals surface area contributed by atoms with Crippen LogP contribution in [0.3, 0.4) is 0 Å². The normalized spacial score (nSPS) is 14.1. The molecule has 0 saturated carbocycles. The van der Waals surface area contributed by atoms with E-state index in [0.29, 0.717) is 5.95 Å². The Bertz CT molecular complexity index is 914. The number of hydrogen-bond acceptors (Lipinski definition) is 5. The highest BCUT2D eigenvalue weighted by Crippen LogP contribution is 2.20. The van der Waals surface area contributed by atoms with Crippen molar-refractivity contribution >= 4 is 22.7 Å². The topological polar surface area (TPSA) is 78.5 Å². The molecule has 6 heteroatoms. The molecule has 0 fully saturated rings. The molecule has 6 nitrogen and oxygen atoms in total. The summed E-state index contributed by atoms with van der Waals surface area (Å²) in [4.78, 5) is 7.83. The number of fused-ring (bicyclic) bond motifs is 1. The Morgan fingerprint density at radius 2 is 1.96 bits per heavy atom. The molecule has 0 spiro atoms. The van der Waals surface area contributed by atoms with Gasteiger partial charge in [0, 0.05) is 30.2 Å². The first-order valence-electron chi connectivity index (χ1n) is 9.79. The summed E-state index contributed by atoms with van der Waals surface area (Å²) in [6.07, 6.45) is 13.2. The van der Waals surface area contributed by atoms with Crippen molar-refractivity contribution < 1.29 is 0 Å². The van der Waals surface area contributed by atoms with Gasteiger partial charge < -0.3 is 15.6 Å². The molecule has 27 heavy (non-hydrogen) atoms. The van der Waals surface area contributed by atoms with Crippen LogP contribution in [0.1, 0.15) is 37.7 Å². The van der Waals surface area contributed by atoms with Crippen molar-refractivity contribution in [3.8, 4) is 0 Å². The molecule has 3 N–H and O–H groups in total. The lowest BCUT2D eigenvalue weighted by Gasteiger charge is -2.13. The standard InChI is InChI=1S/C21H26N6/c1-2-6-16(7-3-1)10-12-23-21-26-20(15-25-27-21)22-13-11-17-14-24-19-9-5-4-8-18(17)19/h4-6,8-9,14-15,24H,1-3,7,10-13H2,(H2,22,23,26,27). The second-order valence-electron chi connectivity index (χ2n) is 6.99. The minimum atomic E-state index is 0.587. The van der Waals surface area contributed by atoms with Gasteiger partial charge in [-0.05, 0) is 50.2 Å². The van der Waals surface area contributed by atoms with Gasteiger partial charge in [-0.1, -0.05) is 29.8 Å². The van der Waals surface area contributed by atoms with E-state index in [-0.39, 0.29) is 0 Å². The molecule has 3 aromatic rings. The molecule has 0 radical (unpaired) electrons. The van der Waals surface area contributed by atoms with Gasteiger partial charge in [0.15, 0.2) is 5.82 Å². The van der Waals surface area contributed by atoms with E-state index in [1.807, 2.05) is 6.07 Å². The van der Waals surface area contributed by atoms with Crippen LogP contribution in [-0.2, 0) is 6.42 Å². The SMILES string of the molecule is C1=C(CCNc2nncc(NCCc3c[nH]c4ccccc34)n2)CCCC1. The molecular weight excluding hydrogens is 336 g/mol. The van der Waals surface area contributed by atoms with Crippen LogP contribution < -0.4 is 10.6 Å². The highest BCUT2D eigenvalue weighted by atomic mass is 15.3. The van der Waals surface area contributed by atoms with Gasteiger partial charge in [-0.3, -0.25) is 0 Å². The first-order valence-corrected chi connectivity index (χ1v) is 9.79. The lowest BCUT2D eigenvalue weighted by Crippen LogP contribution is -2.11. The van der Waals surface area contributed by atoms with Crippen molar-refractivity contribution in [1.82, 2.24) is 20.2 Å². The predicted octanol–water partition coefficient (Wildman–Crippen LogP) is 4.31. The van der Waals surface area contributed by atoms with Crippen LogP contribution in [0.25, 0.3) is 10.9 Å². The van der Waals surface area contributed by atoms with E-state index in [0.717, 1.165) is 31.7 Å². The maximum absolute atomic E-state index is 4.51. The third-order valence-corrected chi connectivity index (χ3v) is 5.05. The first kappa shape index (κ1) is 17.5. The second kappa shape index (κ2) is 8.66. The van der Waals surface area contributed by atoms with Crippen LogP contribution in [0.2, 0.25) is 0 Å². The van der Waals surface area contributed by atoms with Gasteiger partial charge in [0.1, 0.15) is 0 Å². The van der Waals surface area contributed by atoms with Crippen molar-refractivity contribution in [2.24, 2.45) is 0 Å². The lowest BCUT2D eigenvalue weighted by atomic mass is 9.97. The minimum Gasteiger partial charge on any atom is -0.368 e. The summed E-state index contributed by atoms with van der Waals surface area (Å²) in [6, 6.07) is 8.37. The van der Waals surface area contributed by atoms with E-state index in [2.05, 4.69) is 61.3 Å². The number of H-pyrrole nitrogens is 1. The molecule has 0 aliphatic heterocycles. The van der Waals surface area contributed by atoms with Crippen LogP contribution in [-0.4, -0.2) is 33.3 Å². The fraction of sp³-hybridized carbons (Fsp3) is 0.381. The van der Waals surface area contributed by atoms with Gasteiger partial charge in [-0.15, -0.1) is 5.10 Å². The second-order valence-corrected chi connectivity index (χ2v) is 6.99. The summed E-state index contributed by atoms with van der Waals surface area (Å²) >= 11 is 0. The molecule has 0 bridgehead atoms. The fourth-order valence-electron chi connectivity index (χ4n) is 3.59. The van der Waals surface area contributed by atoms with Crippen molar-refractivity contribution in [2.45, 2.75) is 38.5 Å².